The molecule has 4 aromatic rings. The molecule has 0 radical (unpaired) electrons. The average Bonchev–Trinajstić information content (AvgIpc) is 3.05. The minimum atomic E-state index is -0.382. The lowest BCUT2D eigenvalue weighted by molar-refractivity contribution is 0.0706. The molecule has 0 N–H and O–H groups in total. The lowest BCUT2D eigenvalue weighted by atomic mass is 10.1. The Morgan fingerprint density at radius 1 is 0.935 bits per heavy atom. The molecule has 158 valence electrons. The molecule has 0 amide bonds. The van der Waals surface area contributed by atoms with Crippen molar-refractivity contribution in [2.75, 3.05) is 0 Å². The van der Waals surface area contributed by atoms with E-state index in [1.54, 1.807) is 11.8 Å². The fourth-order valence-electron chi connectivity index (χ4n) is 3.42. The van der Waals surface area contributed by atoms with E-state index >= 15 is 0 Å². The first-order valence-corrected chi connectivity index (χ1v) is 11.1. The van der Waals surface area contributed by atoms with Gasteiger partial charge in [0.15, 0.2) is 0 Å². The molecule has 0 aliphatic rings. The second-order valence-electron chi connectivity index (χ2n) is 8.63. The predicted molar refractivity (Wildman–Crippen MR) is 126 cm³/mol. The number of rotatable bonds is 4. The number of hydrogen-bond donors (Lipinski definition) is 0. The number of nitrogens with zero attached hydrogens (tertiary/aromatic N) is 2. The zero-order valence-corrected chi connectivity index (χ0v) is 19.3. The average molecular weight is 431 g/mol. The fourth-order valence-corrected chi connectivity index (χ4v) is 4.34. The molecule has 3 aromatic carbocycles. The van der Waals surface area contributed by atoms with Crippen molar-refractivity contribution >= 4 is 28.5 Å². The number of fused-ring (bicyclic) bond motifs is 1. The van der Waals surface area contributed by atoms with E-state index in [2.05, 4.69) is 52.0 Å². The molecule has 0 saturated heterocycles. The molecule has 1 aromatic heterocycles. The number of aromatic nitrogens is 2. The SMILES string of the molecule is Cc1ccc(Sc2c(C)nn(C(C)(C)C)c2OC(=O)c2cccc3ccccc23)cc1. The first kappa shape index (κ1) is 21.2. The second-order valence-corrected chi connectivity index (χ2v) is 9.72. The van der Waals surface area contributed by atoms with E-state index in [1.165, 1.54) is 5.56 Å². The highest BCUT2D eigenvalue weighted by Crippen LogP contribution is 2.40. The van der Waals surface area contributed by atoms with Gasteiger partial charge in [0.25, 0.3) is 0 Å². The lowest BCUT2D eigenvalue weighted by Gasteiger charge is -2.22. The molecule has 31 heavy (non-hydrogen) atoms. The van der Waals surface area contributed by atoms with Gasteiger partial charge in [-0.25, -0.2) is 9.48 Å². The Balaban J connectivity index is 1.77. The van der Waals surface area contributed by atoms with Crippen LogP contribution in [0.25, 0.3) is 10.8 Å². The molecule has 0 aliphatic carbocycles. The maximum absolute atomic E-state index is 13.3. The molecule has 1 heterocycles. The third kappa shape index (κ3) is 4.37. The normalized spacial score (nSPS) is 11.6. The molecule has 4 nitrogen and oxygen atoms in total. The van der Waals surface area contributed by atoms with E-state index < -0.39 is 0 Å². The number of ether oxygens (including phenoxy) is 1. The number of esters is 1. The minimum Gasteiger partial charge on any atom is -0.403 e. The molecular formula is C26H26N2O2S. The van der Waals surface area contributed by atoms with Crippen molar-refractivity contribution in [2.24, 2.45) is 0 Å². The monoisotopic (exact) mass is 430 g/mol. The topological polar surface area (TPSA) is 44.1 Å². The summed E-state index contributed by atoms with van der Waals surface area (Å²) < 4.78 is 7.86. The Hall–Kier alpha value is -3.05. The van der Waals surface area contributed by atoms with Crippen LogP contribution in [-0.2, 0) is 5.54 Å². The summed E-state index contributed by atoms with van der Waals surface area (Å²) in [5.41, 5.74) is 2.24. The lowest BCUT2D eigenvalue weighted by Crippen LogP contribution is -2.25. The highest BCUT2D eigenvalue weighted by molar-refractivity contribution is 7.99. The van der Waals surface area contributed by atoms with E-state index in [9.17, 15) is 4.79 Å². The molecule has 0 fully saturated rings. The Labute approximate surface area is 187 Å². The van der Waals surface area contributed by atoms with E-state index in [0.29, 0.717) is 11.4 Å². The number of carbonyl (C=O) groups is 1. The Bertz CT molecular complexity index is 1250. The summed E-state index contributed by atoms with van der Waals surface area (Å²) >= 11 is 1.57. The van der Waals surface area contributed by atoms with Crippen LogP contribution in [0.3, 0.4) is 0 Å². The third-order valence-electron chi connectivity index (χ3n) is 5.04. The quantitative estimate of drug-likeness (QED) is 0.335. The summed E-state index contributed by atoms with van der Waals surface area (Å²) in [4.78, 5) is 15.2. The van der Waals surface area contributed by atoms with Gasteiger partial charge < -0.3 is 4.74 Å². The summed E-state index contributed by atoms with van der Waals surface area (Å²) in [6.07, 6.45) is 0. The van der Waals surface area contributed by atoms with Gasteiger partial charge in [0, 0.05) is 4.90 Å². The van der Waals surface area contributed by atoms with Crippen LogP contribution >= 0.6 is 11.8 Å². The Morgan fingerprint density at radius 2 is 1.61 bits per heavy atom. The molecule has 0 spiro atoms. The second kappa shape index (κ2) is 8.23. The minimum absolute atomic E-state index is 0.342. The summed E-state index contributed by atoms with van der Waals surface area (Å²) in [5.74, 6) is 0.0986. The molecule has 0 unspecified atom stereocenters. The largest absolute Gasteiger partial charge is 0.403 e. The maximum atomic E-state index is 13.3. The molecule has 5 heteroatoms. The summed E-state index contributed by atoms with van der Waals surface area (Å²) in [7, 11) is 0. The molecule has 0 saturated carbocycles. The fraction of sp³-hybridized carbons (Fsp3) is 0.231. The van der Waals surface area contributed by atoms with Gasteiger partial charge in [0.2, 0.25) is 5.88 Å². The highest BCUT2D eigenvalue weighted by Gasteiger charge is 2.28. The standard InChI is InChI=1S/C26H26N2O2S/c1-17-13-15-20(16-14-17)31-23-18(2)27-28(26(3,4)5)24(23)30-25(29)22-12-8-10-19-9-6-7-11-21(19)22/h6-16H,1-5H3. The van der Waals surface area contributed by atoms with Crippen molar-refractivity contribution in [2.45, 2.75) is 49.9 Å². The van der Waals surface area contributed by atoms with Crippen molar-refractivity contribution in [1.29, 1.82) is 0 Å². The van der Waals surface area contributed by atoms with E-state index in [4.69, 9.17) is 9.84 Å². The van der Waals surface area contributed by atoms with Crippen LogP contribution in [0.5, 0.6) is 5.88 Å². The van der Waals surface area contributed by atoms with Crippen LogP contribution < -0.4 is 4.74 Å². The van der Waals surface area contributed by atoms with Gasteiger partial charge in [0.1, 0.15) is 0 Å². The number of hydrogen-bond acceptors (Lipinski definition) is 4. The zero-order chi connectivity index (χ0) is 22.2. The zero-order valence-electron chi connectivity index (χ0n) is 18.5. The first-order chi connectivity index (χ1) is 14.7. The molecular weight excluding hydrogens is 404 g/mol. The van der Waals surface area contributed by atoms with Gasteiger partial charge in [0.05, 0.1) is 21.7 Å². The summed E-state index contributed by atoms with van der Waals surface area (Å²) in [6, 6.07) is 21.8. The molecule has 0 atom stereocenters. The van der Waals surface area contributed by atoms with E-state index in [1.807, 2.05) is 54.1 Å². The van der Waals surface area contributed by atoms with Crippen molar-refractivity contribution in [3.63, 3.8) is 0 Å². The van der Waals surface area contributed by atoms with Crippen LogP contribution in [0.2, 0.25) is 0 Å². The van der Waals surface area contributed by atoms with Crippen molar-refractivity contribution in [3.05, 3.63) is 83.6 Å². The van der Waals surface area contributed by atoms with Gasteiger partial charge in [-0.1, -0.05) is 65.9 Å². The highest BCUT2D eigenvalue weighted by atomic mass is 32.2. The number of carbonyl (C=O) groups excluding carboxylic acids is 1. The van der Waals surface area contributed by atoms with Gasteiger partial charge >= 0.3 is 5.97 Å². The number of aryl methyl sites for hydroxylation is 2. The molecule has 0 aliphatic heterocycles. The van der Waals surface area contributed by atoms with Gasteiger partial charge in [-0.05, 0) is 63.6 Å². The van der Waals surface area contributed by atoms with Crippen molar-refractivity contribution in [1.82, 2.24) is 9.78 Å². The summed E-state index contributed by atoms with van der Waals surface area (Å²) in [5, 5.41) is 6.61. The van der Waals surface area contributed by atoms with Gasteiger partial charge in [-0.3, -0.25) is 0 Å². The predicted octanol–water partition coefficient (Wildman–Crippen LogP) is 6.78. The Kier molecular flexibility index (Phi) is 5.63. The van der Waals surface area contributed by atoms with Crippen LogP contribution in [0, 0.1) is 13.8 Å². The van der Waals surface area contributed by atoms with Gasteiger partial charge in [-0.15, -0.1) is 0 Å². The third-order valence-corrected chi connectivity index (χ3v) is 6.22. The van der Waals surface area contributed by atoms with Crippen LogP contribution in [0.15, 0.2) is 76.5 Å². The van der Waals surface area contributed by atoms with Gasteiger partial charge in [-0.2, -0.15) is 5.10 Å². The maximum Gasteiger partial charge on any atom is 0.345 e. The summed E-state index contributed by atoms with van der Waals surface area (Å²) in [6.45, 7) is 10.2. The molecule has 0 bridgehead atoms. The van der Waals surface area contributed by atoms with Crippen molar-refractivity contribution < 1.29 is 9.53 Å². The number of benzene rings is 3. The Morgan fingerprint density at radius 3 is 2.32 bits per heavy atom. The van der Waals surface area contributed by atoms with E-state index in [-0.39, 0.29) is 11.5 Å². The van der Waals surface area contributed by atoms with Crippen LogP contribution in [0.4, 0.5) is 0 Å². The smallest absolute Gasteiger partial charge is 0.345 e. The van der Waals surface area contributed by atoms with Crippen LogP contribution in [-0.4, -0.2) is 15.7 Å². The first-order valence-electron chi connectivity index (χ1n) is 10.3. The van der Waals surface area contributed by atoms with Crippen LogP contribution in [0.1, 0.15) is 42.4 Å². The van der Waals surface area contributed by atoms with Crippen molar-refractivity contribution in [3.8, 4) is 5.88 Å². The molecule has 4 rings (SSSR count). The van der Waals surface area contributed by atoms with E-state index in [0.717, 1.165) is 26.3 Å².